The topological polar surface area (TPSA) is 60.9 Å². The van der Waals surface area contributed by atoms with E-state index >= 15 is 0 Å². The minimum absolute atomic E-state index is 0.337. The Morgan fingerprint density at radius 3 is 2.64 bits per heavy atom. The predicted octanol–water partition coefficient (Wildman–Crippen LogP) is 5.10. The Bertz CT molecular complexity index is 1200. The molecule has 4 rings (SSSR count). The van der Waals surface area contributed by atoms with E-state index in [4.69, 9.17) is 16.0 Å². The maximum absolute atomic E-state index is 12.0. The van der Waals surface area contributed by atoms with Crippen LogP contribution in [0.15, 0.2) is 62.9 Å². The van der Waals surface area contributed by atoms with Crippen molar-refractivity contribution in [1.29, 1.82) is 0 Å². The first kappa shape index (κ1) is 18.8. The van der Waals surface area contributed by atoms with E-state index < -0.39 is 0 Å². The number of thioether (sulfide) groups is 1. The average molecular weight is 412 g/mol. The molecule has 0 amide bonds. The van der Waals surface area contributed by atoms with Crippen molar-refractivity contribution in [2.45, 2.75) is 24.3 Å². The van der Waals surface area contributed by atoms with Crippen LogP contribution >= 0.6 is 23.4 Å². The van der Waals surface area contributed by atoms with Crippen molar-refractivity contribution in [1.82, 2.24) is 14.8 Å². The van der Waals surface area contributed by atoms with E-state index in [-0.39, 0.29) is 5.63 Å². The van der Waals surface area contributed by atoms with Crippen LogP contribution in [0.25, 0.3) is 22.4 Å². The summed E-state index contributed by atoms with van der Waals surface area (Å²) in [5, 5.41) is 11.0. The van der Waals surface area contributed by atoms with Crippen molar-refractivity contribution in [2.24, 2.45) is 7.05 Å². The Morgan fingerprint density at radius 1 is 1.11 bits per heavy atom. The largest absolute Gasteiger partial charge is 0.423 e. The number of fused-ring (bicyclic) bond motifs is 1. The quantitative estimate of drug-likeness (QED) is 0.338. The van der Waals surface area contributed by atoms with Gasteiger partial charge in [-0.25, -0.2) is 4.79 Å². The summed E-state index contributed by atoms with van der Waals surface area (Å²) in [6.45, 7) is 2.07. The zero-order valence-corrected chi connectivity index (χ0v) is 17.0. The van der Waals surface area contributed by atoms with Gasteiger partial charge in [-0.15, -0.1) is 10.2 Å². The van der Waals surface area contributed by atoms with Crippen LogP contribution in [0.5, 0.6) is 0 Å². The number of aromatic nitrogens is 3. The van der Waals surface area contributed by atoms with Crippen molar-refractivity contribution in [3.05, 3.63) is 75.1 Å². The van der Waals surface area contributed by atoms with Crippen LogP contribution in [0.1, 0.15) is 18.1 Å². The van der Waals surface area contributed by atoms with E-state index in [0.29, 0.717) is 16.4 Å². The lowest BCUT2D eigenvalue weighted by atomic mass is 10.1. The molecule has 0 saturated heterocycles. The average Bonchev–Trinajstić information content (AvgIpc) is 3.06. The molecule has 7 heteroatoms. The molecule has 0 bridgehead atoms. The molecular weight excluding hydrogens is 394 g/mol. The number of hydrogen-bond acceptors (Lipinski definition) is 5. The van der Waals surface area contributed by atoms with Gasteiger partial charge in [0.2, 0.25) is 0 Å². The maximum atomic E-state index is 12.0. The second-order valence-electron chi connectivity index (χ2n) is 6.44. The fraction of sp³-hybridized carbons (Fsp3) is 0.190. The second-order valence-corrected chi connectivity index (χ2v) is 7.81. The Kier molecular flexibility index (Phi) is 5.24. The van der Waals surface area contributed by atoms with Gasteiger partial charge in [0.15, 0.2) is 11.0 Å². The normalized spacial score (nSPS) is 11.2. The van der Waals surface area contributed by atoms with E-state index in [9.17, 15) is 4.79 Å². The summed E-state index contributed by atoms with van der Waals surface area (Å²) in [7, 11) is 1.93. The predicted molar refractivity (Wildman–Crippen MR) is 113 cm³/mol. The third kappa shape index (κ3) is 3.70. The van der Waals surface area contributed by atoms with Crippen molar-refractivity contribution in [3.8, 4) is 11.4 Å². The summed E-state index contributed by atoms with van der Waals surface area (Å²) < 4.78 is 7.32. The molecule has 5 nitrogen and oxygen atoms in total. The van der Waals surface area contributed by atoms with Gasteiger partial charge in [-0.3, -0.25) is 0 Å². The monoisotopic (exact) mass is 411 g/mol. The van der Waals surface area contributed by atoms with Gasteiger partial charge in [-0.2, -0.15) is 0 Å². The van der Waals surface area contributed by atoms with Crippen LogP contribution in [-0.2, 0) is 19.2 Å². The standard InChI is InChI=1S/C21H18ClN3O2S/c1-3-13-4-9-17-15(11-19(26)27-18(17)10-13)12-28-21-24-23-20(25(21)2)14-5-7-16(22)8-6-14/h4-11H,3,12H2,1-2H3. The molecule has 0 aliphatic heterocycles. The van der Waals surface area contributed by atoms with E-state index in [1.807, 2.05) is 48.0 Å². The lowest BCUT2D eigenvalue weighted by Crippen LogP contribution is -2.01. The fourth-order valence-corrected chi connectivity index (χ4v) is 4.07. The van der Waals surface area contributed by atoms with Gasteiger partial charge in [-0.05, 0) is 47.9 Å². The lowest BCUT2D eigenvalue weighted by Gasteiger charge is -2.07. The van der Waals surface area contributed by atoms with Crippen molar-refractivity contribution < 1.29 is 4.42 Å². The van der Waals surface area contributed by atoms with Crippen LogP contribution in [0.4, 0.5) is 0 Å². The number of halogens is 1. The Balaban J connectivity index is 1.62. The van der Waals surface area contributed by atoms with Gasteiger partial charge >= 0.3 is 5.63 Å². The molecule has 0 aliphatic rings. The van der Waals surface area contributed by atoms with Crippen LogP contribution in [0.3, 0.4) is 0 Å². The van der Waals surface area contributed by atoms with E-state index in [0.717, 1.165) is 39.5 Å². The molecule has 0 aliphatic carbocycles. The van der Waals surface area contributed by atoms with Gasteiger partial charge in [0.25, 0.3) is 0 Å². The molecule has 2 heterocycles. The smallest absolute Gasteiger partial charge is 0.336 e. The molecule has 0 radical (unpaired) electrons. The molecule has 0 atom stereocenters. The highest BCUT2D eigenvalue weighted by Gasteiger charge is 2.13. The molecule has 0 unspecified atom stereocenters. The molecule has 2 aromatic heterocycles. The van der Waals surface area contributed by atoms with Crippen LogP contribution in [-0.4, -0.2) is 14.8 Å². The summed E-state index contributed by atoms with van der Waals surface area (Å²) in [5.74, 6) is 1.37. The zero-order chi connectivity index (χ0) is 19.7. The zero-order valence-electron chi connectivity index (χ0n) is 15.5. The van der Waals surface area contributed by atoms with Crippen molar-refractivity contribution in [3.63, 3.8) is 0 Å². The Morgan fingerprint density at radius 2 is 1.89 bits per heavy atom. The lowest BCUT2D eigenvalue weighted by molar-refractivity contribution is 0.559. The Labute approximate surface area is 171 Å². The summed E-state index contributed by atoms with van der Waals surface area (Å²) in [5.41, 5.74) is 3.30. The Hall–Kier alpha value is -2.57. The molecule has 0 N–H and O–H groups in total. The second kappa shape index (κ2) is 7.81. The highest BCUT2D eigenvalue weighted by atomic mass is 35.5. The van der Waals surface area contributed by atoms with Crippen LogP contribution in [0, 0.1) is 0 Å². The number of aryl methyl sites for hydroxylation is 1. The highest BCUT2D eigenvalue weighted by Crippen LogP contribution is 2.28. The third-order valence-corrected chi connectivity index (χ3v) is 5.92. The fourth-order valence-electron chi connectivity index (χ4n) is 3.05. The maximum Gasteiger partial charge on any atom is 0.336 e. The van der Waals surface area contributed by atoms with E-state index in [1.165, 1.54) is 11.8 Å². The summed E-state index contributed by atoms with van der Waals surface area (Å²) in [6, 6.07) is 15.1. The summed E-state index contributed by atoms with van der Waals surface area (Å²) in [6.07, 6.45) is 0.894. The van der Waals surface area contributed by atoms with Crippen LogP contribution < -0.4 is 5.63 Å². The molecule has 142 valence electrons. The van der Waals surface area contributed by atoms with Crippen molar-refractivity contribution >= 4 is 34.3 Å². The first-order valence-electron chi connectivity index (χ1n) is 8.89. The molecule has 0 saturated carbocycles. The first-order chi connectivity index (χ1) is 13.5. The summed E-state index contributed by atoms with van der Waals surface area (Å²) >= 11 is 7.50. The number of benzene rings is 2. The number of hydrogen-bond donors (Lipinski definition) is 0. The molecule has 2 aromatic carbocycles. The molecule has 4 aromatic rings. The van der Waals surface area contributed by atoms with Gasteiger partial charge in [-0.1, -0.05) is 42.4 Å². The van der Waals surface area contributed by atoms with Crippen LogP contribution in [0.2, 0.25) is 5.02 Å². The van der Waals surface area contributed by atoms with E-state index in [2.05, 4.69) is 23.2 Å². The van der Waals surface area contributed by atoms with Gasteiger partial charge in [0.05, 0.1) is 0 Å². The summed E-state index contributed by atoms with van der Waals surface area (Å²) in [4.78, 5) is 12.0. The number of rotatable bonds is 5. The SMILES string of the molecule is CCc1ccc2c(CSc3nnc(-c4ccc(Cl)cc4)n3C)cc(=O)oc2c1. The molecule has 0 spiro atoms. The van der Waals surface area contributed by atoms with Gasteiger partial charge in [0.1, 0.15) is 5.58 Å². The van der Waals surface area contributed by atoms with Gasteiger partial charge < -0.3 is 8.98 Å². The first-order valence-corrected chi connectivity index (χ1v) is 10.3. The molecular formula is C21H18ClN3O2S. The molecule has 0 fully saturated rings. The minimum Gasteiger partial charge on any atom is -0.423 e. The minimum atomic E-state index is -0.337. The third-order valence-electron chi connectivity index (χ3n) is 4.60. The highest BCUT2D eigenvalue weighted by molar-refractivity contribution is 7.98. The molecule has 28 heavy (non-hydrogen) atoms. The van der Waals surface area contributed by atoms with E-state index in [1.54, 1.807) is 6.07 Å². The van der Waals surface area contributed by atoms with Crippen molar-refractivity contribution in [2.75, 3.05) is 0 Å². The number of nitrogens with zero attached hydrogens (tertiary/aromatic N) is 3. The van der Waals surface area contributed by atoms with Gasteiger partial charge in [0, 0.05) is 34.8 Å².